The third kappa shape index (κ3) is 3.11. The molecule has 0 aromatic heterocycles. The maximum atomic E-state index is 13.0. The highest BCUT2D eigenvalue weighted by Crippen LogP contribution is 2.28. The maximum Gasteiger partial charge on any atom is 0.256 e. The molecular weight excluding hydrogens is 198 g/mol. The van der Waals surface area contributed by atoms with Crippen molar-refractivity contribution in [3.8, 4) is 0 Å². The molecule has 0 saturated carbocycles. The zero-order valence-electron chi connectivity index (χ0n) is 9.73. The number of hydrogen-bond acceptors (Lipinski definition) is 2. The second-order valence-corrected chi connectivity index (χ2v) is 4.40. The summed E-state index contributed by atoms with van der Waals surface area (Å²) >= 11 is 0. The predicted molar refractivity (Wildman–Crippen MR) is 58.4 cm³/mol. The van der Waals surface area contributed by atoms with E-state index in [0.717, 1.165) is 32.5 Å². The molecule has 0 spiro atoms. The summed E-state index contributed by atoms with van der Waals surface area (Å²) in [7, 11) is 1.65. The van der Waals surface area contributed by atoms with Crippen molar-refractivity contribution >= 4 is 0 Å². The van der Waals surface area contributed by atoms with E-state index in [0.29, 0.717) is 12.8 Å². The fourth-order valence-corrected chi connectivity index (χ4v) is 2.33. The van der Waals surface area contributed by atoms with E-state index < -0.39 is 12.0 Å². The molecule has 1 fully saturated rings. The molecule has 0 aromatic carbocycles. The normalized spacial score (nSPS) is 29.4. The monoisotopic (exact) mass is 220 g/mol. The molecule has 4 heteroatoms. The first-order valence-corrected chi connectivity index (χ1v) is 5.84. The van der Waals surface area contributed by atoms with Gasteiger partial charge in [0.15, 0.2) is 0 Å². The smallest absolute Gasteiger partial charge is 0.256 e. The minimum absolute atomic E-state index is 0.557. The second-order valence-electron chi connectivity index (χ2n) is 4.40. The van der Waals surface area contributed by atoms with Gasteiger partial charge in [-0.1, -0.05) is 6.92 Å². The molecule has 1 aliphatic rings. The molecule has 1 saturated heterocycles. The summed E-state index contributed by atoms with van der Waals surface area (Å²) in [6, 6.07) is 0. The van der Waals surface area contributed by atoms with E-state index in [1.54, 1.807) is 7.05 Å². The second kappa shape index (κ2) is 5.75. The summed E-state index contributed by atoms with van der Waals surface area (Å²) in [5.74, 6) is 0. The van der Waals surface area contributed by atoms with Crippen LogP contribution in [-0.4, -0.2) is 43.5 Å². The van der Waals surface area contributed by atoms with Crippen LogP contribution in [0.3, 0.4) is 0 Å². The summed E-state index contributed by atoms with van der Waals surface area (Å²) in [4.78, 5) is 2.29. The van der Waals surface area contributed by atoms with Crippen LogP contribution < -0.4 is 5.32 Å². The molecule has 0 amide bonds. The average Bonchev–Trinajstić information content (AvgIpc) is 2.42. The molecule has 0 radical (unpaired) electrons. The SMILES string of the molecule is CCCN1CCCC(NC)(C(F)F)CC1. The van der Waals surface area contributed by atoms with E-state index >= 15 is 0 Å². The van der Waals surface area contributed by atoms with Crippen LogP contribution >= 0.6 is 0 Å². The molecule has 0 bridgehead atoms. The third-order valence-corrected chi connectivity index (χ3v) is 3.43. The molecule has 1 N–H and O–H groups in total. The summed E-state index contributed by atoms with van der Waals surface area (Å²) in [6.07, 6.45) is 0.846. The Kier molecular flexibility index (Phi) is 4.93. The zero-order chi connectivity index (χ0) is 11.3. The Morgan fingerprint density at radius 3 is 2.60 bits per heavy atom. The molecule has 0 aromatic rings. The molecule has 1 aliphatic heterocycles. The van der Waals surface area contributed by atoms with Gasteiger partial charge < -0.3 is 10.2 Å². The zero-order valence-corrected chi connectivity index (χ0v) is 9.73. The Morgan fingerprint density at radius 2 is 2.07 bits per heavy atom. The van der Waals surface area contributed by atoms with Crippen molar-refractivity contribution in [2.45, 2.75) is 44.6 Å². The summed E-state index contributed by atoms with van der Waals surface area (Å²) < 4.78 is 26.0. The van der Waals surface area contributed by atoms with Gasteiger partial charge in [0.2, 0.25) is 0 Å². The number of rotatable bonds is 4. The molecule has 1 rings (SSSR count). The first-order valence-electron chi connectivity index (χ1n) is 5.84. The lowest BCUT2D eigenvalue weighted by atomic mass is 9.91. The molecule has 1 unspecified atom stereocenters. The number of halogens is 2. The van der Waals surface area contributed by atoms with Gasteiger partial charge in [0, 0.05) is 6.54 Å². The van der Waals surface area contributed by atoms with Crippen LogP contribution in [0, 0.1) is 0 Å². The van der Waals surface area contributed by atoms with Crippen molar-refractivity contribution in [2.75, 3.05) is 26.7 Å². The lowest BCUT2D eigenvalue weighted by Gasteiger charge is -2.31. The molecule has 1 atom stereocenters. The van der Waals surface area contributed by atoms with E-state index in [-0.39, 0.29) is 0 Å². The van der Waals surface area contributed by atoms with Gasteiger partial charge in [0.05, 0.1) is 5.54 Å². The van der Waals surface area contributed by atoms with Crippen LogP contribution in [0.1, 0.15) is 32.6 Å². The topological polar surface area (TPSA) is 15.3 Å². The fourth-order valence-electron chi connectivity index (χ4n) is 2.33. The minimum Gasteiger partial charge on any atom is -0.309 e. The molecule has 2 nitrogen and oxygen atoms in total. The van der Waals surface area contributed by atoms with Crippen molar-refractivity contribution in [3.05, 3.63) is 0 Å². The van der Waals surface area contributed by atoms with Crippen LogP contribution in [0.15, 0.2) is 0 Å². The van der Waals surface area contributed by atoms with E-state index in [1.165, 1.54) is 0 Å². The Bertz CT molecular complexity index is 187. The van der Waals surface area contributed by atoms with E-state index in [4.69, 9.17) is 0 Å². The number of likely N-dealkylation sites (tertiary alicyclic amines) is 1. The van der Waals surface area contributed by atoms with Gasteiger partial charge in [0.1, 0.15) is 0 Å². The molecular formula is C11H22F2N2. The van der Waals surface area contributed by atoms with Gasteiger partial charge in [-0.05, 0) is 45.8 Å². The average molecular weight is 220 g/mol. The van der Waals surface area contributed by atoms with Gasteiger partial charge in [-0.3, -0.25) is 0 Å². The van der Waals surface area contributed by atoms with Crippen LogP contribution in [0.25, 0.3) is 0 Å². The molecule has 90 valence electrons. The highest BCUT2D eigenvalue weighted by molar-refractivity contribution is 4.92. The van der Waals surface area contributed by atoms with Gasteiger partial charge in [0.25, 0.3) is 6.43 Å². The van der Waals surface area contributed by atoms with E-state index in [9.17, 15) is 8.78 Å². The quantitative estimate of drug-likeness (QED) is 0.780. The van der Waals surface area contributed by atoms with Crippen LogP contribution in [0.4, 0.5) is 8.78 Å². The number of nitrogens with one attached hydrogen (secondary N) is 1. The highest BCUT2D eigenvalue weighted by Gasteiger charge is 2.39. The predicted octanol–water partition coefficient (Wildman–Crippen LogP) is 2.11. The number of nitrogens with zero attached hydrogens (tertiary/aromatic N) is 1. The van der Waals surface area contributed by atoms with Crippen molar-refractivity contribution in [3.63, 3.8) is 0 Å². The Morgan fingerprint density at radius 1 is 1.33 bits per heavy atom. The summed E-state index contributed by atoms with van der Waals surface area (Å²) in [6.45, 7) is 4.91. The lowest BCUT2D eigenvalue weighted by molar-refractivity contribution is 0.0249. The summed E-state index contributed by atoms with van der Waals surface area (Å²) in [5.41, 5.74) is -0.942. The lowest BCUT2D eigenvalue weighted by Crippen LogP contribution is -2.50. The number of alkyl halides is 2. The summed E-state index contributed by atoms with van der Waals surface area (Å²) in [5, 5.41) is 2.84. The Balaban J connectivity index is 2.56. The minimum atomic E-state index is -2.26. The standard InChI is InChI=1S/C11H22F2N2/c1-3-7-15-8-4-5-11(14-2,6-9-15)10(12)13/h10,14H,3-9H2,1-2H3. The van der Waals surface area contributed by atoms with E-state index in [2.05, 4.69) is 17.1 Å². The first kappa shape index (κ1) is 12.8. The van der Waals surface area contributed by atoms with Crippen molar-refractivity contribution < 1.29 is 8.78 Å². The van der Waals surface area contributed by atoms with Crippen molar-refractivity contribution in [2.24, 2.45) is 0 Å². The van der Waals surface area contributed by atoms with Gasteiger partial charge in [-0.25, -0.2) is 8.78 Å². The Hall–Kier alpha value is -0.220. The van der Waals surface area contributed by atoms with Crippen molar-refractivity contribution in [1.29, 1.82) is 0 Å². The van der Waals surface area contributed by atoms with Crippen LogP contribution in [-0.2, 0) is 0 Å². The van der Waals surface area contributed by atoms with Crippen LogP contribution in [0.5, 0.6) is 0 Å². The van der Waals surface area contributed by atoms with Crippen molar-refractivity contribution in [1.82, 2.24) is 10.2 Å². The maximum absolute atomic E-state index is 13.0. The fraction of sp³-hybridized carbons (Fsp3) is 1.00. The van der Waals surface area contributed by atoms with E-state index in [1.807, 2.05) is 0 Å². The largest absolute Gasteiger partial charge is 0.309 e. The molecule has 0 aliphatic carbocycles. The molecule has 1 heterocycles. The third-order valence-electron chi connectivity index (χ3n) is 3.43. The first-order chi connectivity index (χ1) is 7.14. The van der Waals surface area contributed by atoms with Crippen LogP contribution in [0.2, 0.25) is 0 Å². The number of hydrogen-bond donors (Lipinski definition) is 1. The van der Waals surface area contributed by atoms with Gasteiger partial charge in [-0.2, -0.15) is 0 Å². The molecule has 15 heavy (non-hydrogen) atoms. The Labute approximate surface area is 91.0 Å². The van der Waals surface area contributed by atoms with Gasteiger partial charge >= 0.3 is 0 Å². The van der Waals surface area contributed by atoms with Gasteiger partial charge in [-0.15, -0.1) is 0 Å². The highest BCUT2D eigenvalue weighted by atomic mass is 19.3.